The molecular formula is C19H26N2O4. The van der Waals surface area contributed by atoms with E-state index >= 15 is 0 Å². The van der Waals surface area contributed by atoms with Crippen LogP contribution in [0, 0.1) is 13.8 Å². The Morgan fingerprint density at radius 2 is 2.00 bits per heavy atom. The average Bonchev–Trinajstić information content (AvgIpc) is 3.29. The normalized spacial score (nSPS) is 26.4. The molecule has 0 unspecified atom stereocenters. The second-order valence-corrected chi connectivity index (χ2v) is 7.11. The molecule has 2 amide bonds. The van der Waals surface area contributed by atoms with Crippen molar-refractivity contribution in [2.75, 3.05) is 26.4 Å². The predicted octanol–water partition coefficient (Wildman–Crippen LogP) is 2.67. The van der Waals surface area contributed by atoms with Crippen molar-refractivity contribution in [1.29, 1.82) is 0 Å². The summed E-state index contributed by atoms with van der Waals surface area (Å²) < 4.78 is 17.2. The molecule has 4 rings (SSSR count). The standard InChI is InChI=1S/C19H26N2O4/c1-12-6-7-14-15(11-25-17(14)13(12)2)20-19(22)21-8-4-3-5-16(21)18-23-9-10-24-18/h6-7,15-16,18H,3-5,8-11H2,1-2H3,(H,20,22)/t15-,16-/m1/s1. The van der Waals surface area contributed by atoms with Gasteiger partial charge in [-0.2, -0.15) is 0 Å². The van der Waals surface area contributed by atoms with Crippen LogP contribution in [0.25, 0.3) is 0 Å². The third-order valence-corrected chi connectivity index (χ3v) is 5.55. The second-order valence-electron chi connectivity index (χ2n) is 7.11. The molecule has 0 aliphatic carbocycles. The molecule has 25 heavy (non-hydrogen) atoms. The van der Waals surface area contributed by atoms with Crippen molar-refractivity contribution < 1.29 is 19.0 Å². The minimum absolute atomic E-state index is 0.00204. The Hall–Kier alpha value is -1.79. The van der Waals surface area contributed by atoms with Gasteiger partial charge in [0, 0.05) is 12.1 Å². The molecular weight excluding hydrogens is 320 g/mol. The molecule has 6 nitrogen and oxygen atoms in total. The van der Waals surface area contributed by atoms with Gasteiger partial charge >= 0.3 is 6.03 Å². The van der Waals surface area contributed by atoms with Gasteiger partial charge in [-0.3, -0.25) is 0 Å². The summed E-state index contributed by atoms with van der Waals surface area (Å²) in [5.41, 5.74) is 3.42. The number of benzene rings is 1. The Bertz CT molecular complexity index is 657. The first-order valence-electron chi connectivity index (χ1n) is 9.18. The van der Waals surface area contributed by atoms with Crippen molar-refractivity contribution >= 4 is 6.03 Å². The number of amides is 2. The third-order valence-electron chi connectivity index (χ3n) is 5.55. The highest BCUT2D eigenvalue weighted by atomic mass is 16.7. The summed E-state index contributed by atoms with van der Waals surface area (Å²) in [5, 5.41) is 3.16. The number of nitrogens with one attached hydrogen (secondary N) is 1. The van der Waals surface area contributed by atoms with E-state index in [0.717, 1.165) is 42.7 Å². The number of ether oxygens (including phenoxy) is 3. The van der Waals surface area contributed by atoms with Gasteiger partial charge in [0.1, 0.15) is 12.4 Å². The number of carbonyl (C=O) groups is 1. The lowest BCUT2D eigenvalue weighted by Gasteiger charge is -2.38. The van der Waals surface area contributed by atoms with Crippen molar-refractivity contribution in [2.24, 2.45) is 0 Å². The minimum Gasteiger partial charge on any atom is -0.490 e. The van der Waals surface area contributed by atoms with Gasteiger partial charge in [0.15, 0.2) is 6.29 Å². The summed E-state index contributed by atoms with van der Waals surface area (Å²) in [6.07, 6.45) is 2.76. The first-order chi connectivity index (χ1) is 12.1. The monoisotopic (exact) mass is 346 g/mol. The molecule has 3 aliphatic heterocycles. The molecule has 2 fully saturated rings. The van der Waals surface area contributed by atoms with Crippen LogP contribution in [0.5, 0.6) is 5.75 Å². The van der Waals surface area contributed by atoms with Crippen molar-refractivity contribution in [2.45, 2.75) is 51.5 Å². The van der Waals surface area contributed by atoms with Gasteiger partial charge in [-0.1, -0.05) is 12.1 Å². The smallest absolute Gasteiger partial charge is 0.318 e. The average molecular weight is 346 g/mol. The van der Waals surface area contributed by atoms with Crippen LogP contribution in [0.1, 0.15) is 42.0 Å². The molecule has 1 N–H and O–H groups in total. The molecule has 3 heterocycles. The fraction of sp³-hybridized carbons (Fsp3) is 0.632. The van der Waals surface area contributed by atoms with Crippen LogP contribution < -0.4 is 10.1 Å². The molecule has 0 aromatic heterocycles. The van der Waals surface area contributed by atoms with Gasteiger partial charge in [0.2, 0.25) is 0 Å². The third kappa shape index (κ3) is 3.09. The van der Waals surface area contributed by atoms with Crippen LogP contribution in [0.2, 0.25) is 0 Å². The first-order valence-corrected chi connectivity index (χ1v) is 9.18. The zero-order valence-electron chi connectivity index (χ0n) is 14.9. The number of piperidine rings is 1. The number of nitrogens with zero attached hydrogens (tertiary/aromatic N) is 1. The van der Waals surface area contributed by atoms with E-state index in [4.69, 9.17) is 14.2 Å². The summed E-state index contributed by atoms with van der Waals surface area (Å²) in [5.74, 6) is 0.919. The molecule has 3 aliphatic rings. The Balaban J connectivity index is 1.48. The second kappa shape index (κ2) is 6.84. The maximum Gasteiger partial charge on any atom is 0.318 e. The van der Waals surface area contributed by atoms with Gasteiger partial charge in [0.25, 0.3) is 0 Å². The molecule has 0 bridgehead atoms. The largest absolute Gasteiger partial charge is 0.490 e. The van der Waals surface area contributed by atoms with E-state index < -0.39 is 0 Å². The molecule has 1 aromatic rings. The number of hydrogen-bond donors (Lipinski definition) is 1. The van der Waals surface area contributed by atoms with Crippen LogP contribution in [-0.4, -0.2) is 49.6 Å². The van der Waals surface area contributed by atoms with Gasteiger partial charge in [-0.05, 0) is 44.2 Å². The van der Waals surface area contributed by atoms with Crippen LogP contribution in [-0.2, 0) is 9.47 Å². The van der Waals surface area contributed by atoms with Crippen molar-refractivity contribution in [3.05, 3.63) is 28.8 Å². The van der Waals surface area contributed by atoms with Gasteiger partial charge in [-0.25, -0.2) is 4.79 Å². The number of carbonyl (C=O) groups excluding carboxylic acids is 1. The van der Waals surface area contributed by atoms with Crippen LogP contribution in [0.4, 0.5) is 4.79 Å². The summed E-state index contributed by atoms with van der Waals surface area (Å²) in [7, 11) is 0. The Morgan fingerprint density at radius 3 is 2.80 bits per heavy atom. The number of hydrogen-bond acceptors (Lipinski definition) is 4. The zero-order valence-corrected chi connectivity index (χ0v) is 14.9. The number of fused-ring (bicyclic) bond motifs is 1. The molecule has 1 aromatic carbocycles. The van der Waals surface area contributed by atoms with Crippen molar-refractivity contribution in [3.8, 4) is 5.75 Å². The Kier molecular flexibility index (Phi) is 4.56. The maximum absolute atomic E-state index is 12.9. The Morgan fingerprint density at radius 1 is 1.20 bits per heavy atom. The summed E-state index contributed by atoms with van der Waals surface area (Å²) in [4.78, 5) is 14.8. The lowest BCUT2D eigenvalue weighted by atomic mass is 10.0. The number of aryl methyl sites for hydroxylation is 1. The number of urea groups is 1. The number of likely N-dealkylation sites (tertiary alicyclic amines) is 1. The van der Waals surface area contributed by atoms with E-state index in [1.54, 1.807) is 0 Å². The van der Waals surface area contributed by atoms with Gasteiger partial charge in [0.05, 0.1) is 25.3 Å². The molecule has 6 heteroatoms. The molecule has 2 saturated heterocycles. The molecule has 136 valence electrons. The SMILES string of the molecule is Cc1ccc2c(c1C)OC[C@H]2NC(=O)N1CCCC[C@@H]1C1OCCO1. The minimum atomic E-state index is -0.289. The highest BCUT2D eigenvalue weighted by molar-refractivity contribution is 5.75. The maximum atomic E-state index is 12.9. The molecule has 0 spiro atoms. The number of rotatable bonds is 2. The topological polar surface area (TPSA) is 60.0 Å². The fourth-order valence-electron chi connectivity index (χ4n) is 3.98. The molecule has 2 atom stereocenters. The zero-order chi connectivity index (χ0) is 17.4. The predicted molar refractivity (Wildman–Crippen MR) is 92.7 cm³/mol. The van der Waals surface area contributed by atoms with Crippen molar-refractivity contribution in [3.63, 3.8) is 0 Å². The fourth-order valence-corrected chi connectivity index (χ4v) is 3.98. The van der Waals surface area contributed by atoms with E-state index in [2.05, 4.69) is 31.3 Å². The van der Waals surface area contributed by atoms with Crippen LogP contribution >= 0.6 is 0 Å². The summed E-state index contributed by atoms with van der Waals surface area (Å²) >= 11 is 0. The van der Waals surface area contributed by atoms with Crippen LogP contribution in [0.15, 0.2) is 12.1 Å². The molecule has 0 radical (unpaired) electrons. The highest BCUT2D eigenvalue weighted by Gasteiger charge is 2.37. The molecule has 0 saturated carbocycles. The Labute approximate surface area is 148 Å². The summed E-state index contributed by atoms with van der Waals surface area (Å²) in [6, 6.07) is 3.99. The van der Waals surface area contributed by atoms with E-state index in [-0.39, 0.29) is 24.4 Å². The van der Waals surface area contributed by atoms with E-state index in [1.165, 1.54) is 5.56 Å². The summed E-state index contributed by atoms with van der Waals surface area (Å²) in [6.45, 7) is 6.59. The van der Waals surface area contributed by atoms with Gasteiger partial charge in [-0.15, -0.1) is 0 Å². The van der Waals surface area contributed by atoms with Gasteiger partial charge < -0.3 is 24.4 Å². The van der Waals surface area contributed by atoms with Crippen LogP contribution in [0.3, 0.4) is 0 Å². The lowest BCUT2D eigenvalue weighted by molar-refractivity contribution is -0.0984. The highest BCUT2D eigenvalue weighted by Crippen LogP contribution is 2.37. The van der Waals surface area contributed by atoms with E-state index in [0.29, 0.717) is 19.8 Å². The van der Waals surface area contributed by atoms with E-state index in [1.807, 2.05) is 4.90 Å². The first kappa shape index (κ1) is 16.7. The lowest BCUT2D eigenvalue weighted by Crippen LogP contribution is -2.54. The quantitative estimate of drug-likeness (QED) is 0.894. The van der Waals surface area contributed by atoms with E-state index in [9.17, 15) is 4.79 Å². The van der Waals surface area contributed by atoms with Crippen molar-refractivity contribution in [1.82, 2.24) is 10.2 Å².